The molecule has 6 aliphatic rings. The van der Waals surface area contributed by atoms with E-state index in [1.54, 1.807) is 0 Å². The molecule has 6 fully saturated rings. The molecule has 51 heavy (non-hydrogen) atoms. The van der Waals surface area contributed by atoms with Crippen LogP contribution in [0, 0.1) is 59.2 Å². The highest BCUT2D eigenvalue weighted by molar-refractivity contribution is 5.85. The molecule has 0 heterocycles. The third kappa shape index (κ3) is 11.0. The van der Waals surface area contributed by atoms with Crippen LogP contribution in [0.1, 0.15) is 173 Å². The lowest BCUT2D eigenvalue weighted by atomic mass is 9.69. The van der Waals surface area contributed by atoms with Gasteiger partial charge in [0.2, 0.25) is 11.8 Å². The minimum atomic E-state index is -0.804. The highest BCUT2D eigenvalue weighted by Gasteiger charge is 2.42. The van der Waals surface area contributed by atoms with Gasteiger partial charge in [-0.05, 0) is 145 Å². The standard InChI is InChI=1S/C43H70N2O6/c46-40(38-26-32(15-21-36(38)42(48)49)24-28-7-3-1-4-8-28)44-34-17-11-30(12-18-34)23-31-13-19-35(20-14-31)45-41(47)39-27-33(16-22-37(39)43(50)51)25-29-9-5-2-6-10-29/h28-39H,1-27H2,(H,44,46)(H,45,47)(H,48,49)(H,50,51). The van der Waals surface area contributed by atoms with Gasteiger partial charge in [-0.1, -0.05) is 64.2 Å². The van der Waals surface area contributed by atoms with Crippen LogP contribution in [0.2, 0.25) is 0 Å². The Labute approximate surface area is 307 Å². The second-order valence-electron chi connectivity index (χ2n) is 18.6. The number of carbonyl (C=O) groups is 4. The zero-order valence-corrected chi connectivity index (χ0v) is 31.5. The Kier molecular flexibility index (Phi) is 14.2. The predicted octanol–water partition coefficient (Wildman–Crippen LogP) is 8.90. The molecule has 6 rings (SSSR count). The maximum absolute atomic E-state index is 13.5. The molecule has 0 aromatic carbocycles. The van der Waals surface area contributed by atoms with Crippen molar-refractivity contribution in [2.45, 2.75) is 185 Å². The SMILES string of the molecule is O=C(O)C1CCC(CC2CCCCC2)CC1C(=O)NC1CCC(CC2CCC(NC(=O)C3CC(CC4CCCCC4)CCC3C(=O)O)CC2)CC1. The summed E-state index contributed by atoms with van der Waals surface area (Å²) < 4.78 is 0. The molecular weight excluding hydrogens is 640 g/mol. The number of hydrogen-bond donors (Lipinski definition) is 4. The molecule has 0 bridgehead atoms. The summed E-state index contributed by atoms with van der Waals surface area (Å²) in [4.78, 5) is 51.3. The lowest BCUT2D eigenvalue weighted by Gasteiger charge is -2.38. The maximum atomic E-state index is 13.5. The molecule has 0 spiro atoms. The monoisotopic (exact) mass is 711 g/mol. The van der Waals surface area contributed by atoms with Crippen molar-refractivity contribution < 1.29 is 29.4 Å². The molecule has 0 saturated heterocycles. The minimum Gasteiger partial charge on any atom is -0.481 e. The van der Waals surface area contributed by atoms with E-state index in [-0.39, 0.29) is 23.9 Å². The third-order valence-corrected chi connectivity index (χ3v) is 15.1. The number of hydrogen-bond acceptors (Lipinski definition) is 4. The molecule has 4 N–H and O–H groups in total. The number of carboxylic acids is 2. The summed E-state index contributed by atoms with van der Waals surface area (Å²) in [5.41, 5.74) is 0. The molecule has 2 amide bonds. The van der Waals surface area contributed by atoms with Gasteiger partial charge < -0.3 is 20.8 Å². The van der Waals surface area contributed by atoms with Crippen LogP contribution in [-0.2, 0) is 19.2 Å². The fourth-order valence-electron chi connectivity index (χ4n) is 12.1. The van der Waals surface area contributed by atoms with Crippen molar-refractivity contribution in [3.8, 4) is 0 Å². The van der Waals surface area contributed by atoms with E-state index in [1.807, 2.05) is 0 Å². The van der Waals surface area contributed by atoms with Gasteiger partial charge in [-0.3, -0.25) is 19.2 Å². The first-order chi connectivity index (χ1) is 24.7. The number of carboxylic acid groups (broad SMARTS) is 2. The Bertz CT molecular complexity index is 1060. The summed E-state index contributed by atoms with van der Waals surface area (Å²) in [5.74, 6) is 0.290. The average Bonchev–Trinajstić information content (AvgIpc) is 3.14. The van der Waals surface area contributed by atoms with Crippen molar-refractivity contribution in [2.75, 3.05) is 0 Å². The van der Waals surface area contributed by atoms with Gasteiger partial charge in [0.1, 0.15) is 0 Å². The first-order valence-electron chi connectivity index (χ1n) is 21.8. The Morgan fingerprint density at radius 2 is 0.686 bits per heavy atom. The summed E-state index contributed by atoms with van der Waals surface area (Å²) in [6, 6.07) is 0.314. The topological polar surface area (TPSA) is 133 Å². The molecule has 8 nitrogen and oxygen atoms in total. The fourth-order valence-corrected chi connectivity index (χ4v) is 12.1. The molecule has 6 saturated carbocycles. The first kappa shape index (κ1) is 38.6. The molecule has 8 heteroatoms. The van der Waals surface area contributed by atoms with E-state index >= 15 is 0 Å². The van der Waals surface area contributed by atoms with E-state index in [2.05, 4.69) is 10.6 Å². The molecule has 288 valence electrons. The average molecular weight is 711 g/mol. The van der Waals surface area contributed by atoms with E-state index in [1.165, 1.54) is 83.5 Å². The van der Waals surface area contributed by atoms with Crippen LogP contribution in [0.25, 0.3) is 0 Å². The van der Waals surface area contributed by atoms with Crippen LogP contribution >= 0.6 is 0 Å². The Balaban J connectivity index is 0.898. The van der Waals surface area contributed by atoms with Crippen molar-refractivity contribution in [1.82, 2.24) is 10.6 Å². The van der Waals surface area contributed by atoms with E-state index in [9.17, 15) is 29.4 Å². The van der Waals surface area contributed by atoms with Gasteiger partial charge in [0, 0.05) is 12.1 Å². The summed E-state index contributed by atoms with van der Waals surface area (Å²) >= 11 is 0. The van der Waals surface area contributed by atoms with E-state index in [0.29, 0.717) is 36.5 Å². The van der Waals surface area contributed by atoms with Gasteiger partial charge in [-0.2, -0.15) is 0 Å². The van der Waals surface area contributed by atoms with Crippen LogP contribution in [0.4, 0.5) is 0 Å². The number of amides is 2. The van der Waals surface area contributed by atoms with Gasteiger partial charge in [-0.15, -0.1) is 0 Å². The second-order valence-corrected chi connectivity index (χ2v) is 18.6. The summed E-state index contributed by atoms with van der Waals surface area (Å²) in [5, 5.41) is 26.6. The van der Waals surface area contributed by atoms with Crippen molar-refractivity contribution in [3.05, 3.63) is 0 Å². The van der Waals surface area contributed by atoms with Crippen LogP contribution in [0.15, 0.2) is 0 Å². The highest BCUT2D eigenvalue weighted by Crippen LogP contribution is 2.43. The quantitative estimate of drug-likeness (QED) is 0.160. The number of rotatable bonds is 12. The summed E-state index contributed by atoms with van der Waals surface area (Å²) in [7, 11) is 0. The number of carbonyl (C=O) groups excluding carboxylic acids is 2. The smallest absolute Gasteiger partial charge is 0.307 e. The molecule has 0 aromatic heterocycles. The van der Waals surface area contributed by atoms with Crippen molar-refractivity contribution in [2.24, 2.45) is 59.2 Å². The molecule has 6 atom stereocenters. The normalized spacial score (nSPS) is 37.3. The fraction of sp³-hybridized carbons (Fsp3) is 0.907. The predicted molar refractivity (Wildman–Crippen MR) is 199 cm³/mol. The van der Waals surface area contributed by atoms with Gasteiger partial charge in [-0.25, -0.2) is 0 Å². The summed E-state index contributed by atoms with van der Waals surface area (Å²) in [6.07, 6.45) is 29.7. The van der Waals surface area contributed by atoms with Crippen LogP contribution in [-0.4, -0.2) is 46.0 Å². The summed E-state index contributed by atoms with van der Waals surface area (Å²) in [6.45, 7) is 0. The Morgan fingerprint density at radius 1 is 0.373 bits per heavy atom. The van der Waals surface area contributed by atoms with E-state index in [4.69, 9.17) is 0 Å². The van der Waals surface area contributed by atoms with Gasteiger partial charge in [0.15, 0.2) is 0 Å². The molecular formula is C43H70N2O6. The third-order valence-electron chi connectivity index (χ3n) is 15.1. The Hall–Kier alpha value is -2.12. The van der Waals surface area contributed by atoms with Crippen LogP contribution < -0.4 is 10.6 Å². The van der Waals surface area contributed by atoms with Crippen LogP contribution in [0.3, 0.4) is 0 Å². The van der Waals surface area contributed by atoms with Crippen LogP contribution in [0.5, 0.6) is 0 Å². The second kappa shape index (κ2) is 18.8. The lowest BCUT2D eigenvalue weighted by Crippen LogP contribution is -2.47. The van der Waals surface area contributed by atoms with Crippen molar-refractivity contribution >= 4 is 23.8 Å². The molecule has 0 aliphatic heterocycles. The van der Waals surface area contributed by atoms with Gasteiger partial charge in [0.25, 0.3) is 0 Å². The highest BCUT2D eigenvalue weighted by atomic mass is 16.4. The number of aliphatic carboxylic acids is 2. The largest absolute Gasteiger partial charge is 0.481 e. The van der Waals surface area contributed by atoms with E-state index < -0.39 is 35.6 Å². The zero-order valence-electron chi connectivity index (χ0n) is 31.5. The first-order valence-corrected chi connectivity index (χ1v) is 21.8. The van der Waals surface area contributed by atoms with Gasteiger partial charge in [0.05, 0.1) is 23.7 Å². The molecule has 6 aliphatic carbocycles. The van der Waals surface area contributed by atoms with E-state index in [0.717, 1.165) is 88.9 Å². The van der Waals surface area contributed by atoms with Crippen molar-refractivity contribution in [1.29, 1.82) is 0 Å². The maximum Gasteiger partial charge on any atom is 0.307 e. The lowest BCUT2D eigenvalue weighted by molar-refractivity contribution is -0.150. The molecule has 0 aromatic rings. The molecule has 0 radical (unpaired) electrons. The Morgan fingerprint density at radius 3 is 1.04 bits per heavy atom. The zero-order chi connectivity index (χ0) is 35.7. The molecule has 6 unspecified atom stereocenters. The minimum absolute atomic E-state index is 0.0118. The number of nitrogens with one attached hydrogen (secondary N) is 2. The van der Waals surface area contributed by atoms with Gasteiger partial charge >= 0.3 is 11.9 Å². The van der Waals surface area contributed by atoms with Crippen molar-refractivity contribution in [3.63, 3.8) is 0 Å².